The fraction of sp³-hybridized carbons (Fsp3) is 0.250. The summed E-state index contributed by atoms with van der Waals surface area (Å²) in [5.41, 5.74) is -1.25. The molecule has 8 heteroatoms. The molecule has 0 aliphatic heterocycles. The first-order chi connectivity index (χ1) is 7.39. The second kappa shape index (κ2) is 4.33. The van der Waals surface area contributed by atoms with Gasteiger partial charge in [-0.1, -0.05) is 0 Å². The van der Waals surface area contributed by atoms with E-state index in [4.69, 9.17) is 0 Å². The largest absolute Gasteiger partial charge is 0.573 e. The van der Waals surface area contributed by atoms with E-state index in [1.165, 1.54) is 0 Å². The van der Waals surface area contributed by atoms with E-state index < -0.39 is 35.8 Å². The molecule has 0 fully saturated rings. The van der Waals surface area contributed by atoms with Gasteiger partial charge in [0.2, 0.25) is 0 Å². The van der Waals surface area contributed by atoms with Crippen LogP contribution >= 0.6 is 0 Å². The molecule has 0 amide bonds. The molecule has 1 heterocycles. The fourth-order valence-corrected chi connectivity index (χ4v) is 0.947. The zero-order chi connectivity index (χ0) is 12.3. The van der Waals surface area contributed by atoms with Crippen LogP contribution in [-0.2, 0) is 6.67 Å². The Kier molecular flexibility index (Phi) is 3.31. The Hall–Kier alpha value is -1.86. The number of alkyl halides is 4. The number of aldehydes is 1. The summed E-state index contributed by atoms with van der Waals surface area (Å²) in [5, 5.41) is 9.18. The number of pyridine rings is 1. The lowest BCUT2D eigenvalue weighted by Crippen LogP contribution is -2.18. The summed E-state index contributed by atoms with van der Waals surface area (Å²) in [7, 11) is 0. The van der Waals surface area contributed by atoms with Gasteiger partial charge in [-0.3, -0.25) is 4.79 Å². The normalized spacial score (nSPS) is 11.2. The van der Waals surface area contributed by atoms with E-state index in [2.05, 4.69) is 9.72 Å². The minimum Gasteiger partial charge on any atom is -0.503 e. The van der Waals surface area contributed by atoms with E-state index in [0.717, 1.165) is 0 Å². The van der Waals surface area contributed by atoms with Crippen molar-refractivity contribution >= 4 is 6.29 Å². The van der Waals surface area contributed by atoms with Gasteiger partial charge in [0.05, 0.1) is 0 Å². The van der Waals surface area contributed by atoms with E-state index in [1.54, 1.807) is 0 Å². The summed E-state index contributed by atoms with van der Waals surface area (Å²) < 4.78 is 51.4. The van der Waals surface area contributed by atoms with Gasteiger partial charge in [0, 0.05) is 11.8 Å². The van der Waals surface area contributed by atoms with Gasteiger partial charge in [-0.25, -0.2) is 9.37 Å². The third-order valence-electron chi connectivity index (χ3n) is 1.58. The van der Waals surface area contributed by atoms with Crippen molar-refractivity contribution in [3.05, 3.63) is 17.5 Å². The second-order valence-electron chi connectivity index (χ2n) is 2.65. The molecule has 0 atom stereocenters. The predicted molar refractivity (Wildman–Crippen MR) is 42.8 cm³/mol. The molecule has 1 aromatic heterocycles. The van der Waals surface area contributed by atoms with Crippen LogP contribution in [0.1, 0.15) is 16.1 Å². The molecule has 0 aliphatic carbocycles. The smallest absolute Gasteiger partial charge is 0.503 e. The van der Waals surface area contributed by atoms with Crippen molar-refractivity contribution in [3.63, 3.8) is 0 Å². The predicted octanol–water partition coefficient (Wildman–Crippen LogP) is 1.97. The number of rotatable bonds is 3. The van der Waals surface area contributed by atoms with Crippen LogP contribution in [0.3, 0.4) is 0 Å². The highest BCUT2D eigenvalue weighted by atomic mass is 19.4. The number of aromatic nitrogens is 1. The Balaban J connectivity index is 3.26. The summed E-state index contributed by atoms with van der Waals surface area (Å²) in [6.07, 6.45) is -4.38. The van der Waals surface area contributed by atoms with Crippen molar-refractivity contribution in [2.75, 3.05) is 0 Å². The monoisotopic (exact) mass is 239 g/mol. The maximum Gasteiger partial charge on any atom is 0.573 e. The lowest BCUT2D eigenvalue weighted by atomic mass is 10.2. The van der Waals surface area contributed by atoms with Gasteiger partial charge in [-0.2, -0.15) is 0 Å². The van der Waals surface area contributed by atoms with Gasteiger partial charge in [0.25, 0.3) is 0 Å². The van der Waals surface area contributed by atoms with Crippen LogP contribution in [0.5, 0.6) is 11.5 Å². The van der Waals surface area contributed by atoms with Crippen LogP contribution in [0.2, 0.25) is 0 Å². The molecule has 0 bridgehead atoms. The molecule has 1 N–H and O–H groups in total. The molecule has 0 aromatic carbocycles. The van der Waals surface area contributed by atoms with Crippen LogP contribution in [0.15, 0.2) is 6.20 Å². The van der Waals surface area contributed by atoms with E-state index >= 15 is 0 Å². The lowest BCUT2D eigenvalue weighted by molar-refractivity contribution is -0.275. The van der Waals surface area contributed by atoms with E-state index in [-0.39, 0.29) is 6.29 Å². The maximum absolute atomic E-state index is 12.3. The average molecular weight is 239 g/mol. The Morgan fingerprint density at radius 3 is 2.56 bits per heavy atom. The first-order valence-electron chi connectivity index (χ1n) is 3.86. The highest BCUT2D eigenvalue weighted by molar-refractivity contribution is 5.78. The van der Waals surface area contributed by atoms with Crippen molar-refractivity contribution in [3.8, 4) is 11.5 Å². The zero-order valence-corrected chi connectivity index (χ0v) is 7.58. The second-order valence-corrected chi connectivity index (χ2v) is 2.65. The first kappa shape index (κ1) is 12.2. The summed E-state index contributed by atoms with van der Waals surface area (Å²) in [5.74, 6) is -2.28. The van der Waals surface area contributed by atoms with E-state index in [1.807, 2.05) is 0 Å². The summed E-state index contributed by atoms with van der Waals surface area (Å²) in [6.45, 7) is -1.31. The van der Waals surface area contributed by atoms with Crippen LogP contribution in [0.4, 0.5) is 17.6 Å². The summed E-state index contributed by atoms with van der Waals surface area (Å²) >= 11 is 0. The molecule has 0 saturated heterocycles. The van der Waals surface area contributed by atoms with Crippen molar-refractivity contribution in [1.29, 1.82) is 0 Å². The van der Waals surface area contributed by atoms with Crippen molar-refractivity contribution in [2.45, 2.75) is 13.0 Å². The number of hydrogen-bond acceptors (Lipinski definition) is 4. The van der Waals surface area contributed by atoms with Gasteiger partial charge < -0.3 is 9.84 Å². The molecule has 1 rings (SSSR count). The fourth-order valence-electron chi connectivity index (χ4n) is 0.947. The number of carbonyl (C=O) groups is 1. The molecule has 88 valence electrons. The number of aromatic hydroxyl groups is 1. The Bertz CT molecular complexity index is 405. The molecule has 0 unspecified atom stereocenters. The highest BCUT2D eigenvalue weighted by Crippen LogP contribution is 2.36. The van der Waals surface area contributed by atoms with E-state index in [9.17, 15) is 27.5 Å². The van der Waals surface area contributed by atoms with Crippen LogP contribution in [0, 0.1) is 0 Å². The third-order valence-corrected chi connectivity index (χ3v) is 1.58. The van der Waals surface area contributed by atoms with Crippen molar-refractivity contribution in [2.24, 2.45) is 0 Å². The van der Waals surface area contributed by atoms with Gasteiger partial charge in [0.15, 0.2) is 17.8 Å². The minimum atomic E-state index is -5.09. The molecule has 4 nitrogen and oxygen atoms in total. The quantitative estimate of drug-likeness (QED) is 0.647. The van der Waals surface area contributed by atoms with Gasteiger partial charge in [-0.05, 0) is 0 Å². The molecule has 0 aliphatic rings. The number of hydrogen-bond donors (Lipinski definition) is 1. The third kappa shape index (κ3) is 2.59. The van der Waals surface area contributed by atoms with Crippen LogP contribution < -0.4 is 4.74 Å². The summed E-state index contributed by atoms with van der Waals surface area (Å²) in [6, 6.07) is 0. The Labute approximate surface area is 86.5 Å². The number of halogens is 4. The Morgan fingerprint density at radius 1 is 1.50 bits per heavy atom. The van der Waals surface area contributed by atoms with Crippen molar-refractivity contribution < 1.29 is 32.2 Å². The highest BCUT2D eigenvalue weighted by Gasteiger charge is 2.34. The molecular weight excluding hydrogens is 234 g/mol. The van der Waals surface area contributed by atoms with Crippen molar-refractivity contribution in [1.82, 2.24) is 4.98 Å². The molecular formula is C8H5F4NO3. The van der Waals surface area contributed by atoms with Gasteiger partial charge in [0.1, 0.15) is 12.4 Å². The number of ether oxygens (including phenoxy) is 1. The molecule has 16 heavy (non-hydrogen) atoms. The molecule has 0 spiro atoms. The molecule has 1 aromatic rings. The summed E-state index contributed by atoms with van der Waals surface area (Å²) in [4.78, 5) is 13.5. The SMILES string of the molecule is O=Cc1ncc(CF)c(OC(F)(F)F)c1O. The maximum atomic E-state index is 12.3. The molecule has 0 saturated carbocycles. The lowest BCUT2D eigenvalue weighted by Gasteiger charge is -2.13. The van der Waals surface area contributed by atoms with Crippen LogP contribution in [-0.4, -0.2) is 22.7 Å². The molecule has 0 radical (unpaired) electrons. The topological polar surface area (TPSA) is 59.4 Å². The van der Waals surface area contributed by atoms with Crippen LogP contribution in [0.25, 0.3) is 0 Å². The zero-order valence-electron chi connectivity index (χ0n) is 7.58. The Morgan fingerprint density at radius 2 is 2.12 bits per heavy atom. The minimum absolute atomic E-state index is 0.0284. The number of nitrogens with zero attached hydrogens (tertiary/aromatic N) is 1. The average Bonchev–Trinajstić information content (AvgIpc) is 2.19. The van der Waals surface area contributed by atoms with Gasteiger partial charge in [-0.15, -0.1) is 13.2 Å². The number of carbonyl (C=O) groups excluding carboxylic acids is 1. The standard InChI is InChI=1S/C8H5F4NO3/c9-1-4-2-13-5(3-14)6(15)7(4)16-8(10,11)12/h2-3,15H,1H2. The van der Waals surface area contributed by atoms with Gasteiger partial charge >= 0.3 is 6.36 Å². The van der Waals surface area contributed by atoms with E-state index in [0.29, 0.717) is 6.20 Å². The first-order valence-corrected chi connectivity index (χ1v) is 3.86.